The quantitative estimate of drug-likeness (QED) is 0.767. The van der Waals surface area contributed by atoms with E-state index in [1.807, 2.05) is 37.4 Å². The molecule has 2 rings (SSSR count). The number of aliphatic hydroxyl groups is 1. The SMILES string of the molecule is Cc1ccc(CNCC(O)COCc2ccco2)cn1. The van der Waals surface area contributed by atoms with E-state index in [4.69, 9.17) is 9.15 Å². The lowest BCUT2D eigenvalue weighted by Crippen LogP contribution is -2.30. The van der Waals surface area contributed by atoms with E-state index in [2.05, 4.69) is 10.3 Å². The number of ether oxygens (including phenoxy) is 1. The minimum absolute atomic E-state index is 0.278. The highest BCUT2D eigenvalue weighted by molar-refractivity contribution is 5.12. The molecule has 1 unspecified atom stereocenters. The third kappa shape index (κ3) is 5.13. The molecule has 0 radical (unpaired) electrons. The van der Waals surface area contributed by atoms with E-state index in [1.54, 1.807) is 6.26 Å². The summed E-state index contributed by atoms with van der Waals surface area (Å²) in [5.41, 5.74) is 2.10. The predicted octanol–water partition coefficient (Wildman–Crippen LogP) is 1.65. The third-order valence-electron chi connectivity index (χ3n) is 2.82. The van der Waals surface area contributed by atoms with Crippen molar-refractivity contribution in [3.8, 4) is 0 Å². The van der Waals surface area contributed by atoms with E-state index >= 15 is 0 Å². The first-order valence-electron chi connectivity index (χ1n) is 6.64. The Morgan fingerprint density at radius 2 is 2.30 bits per heavy atom. The van der Waals surface area contributed by atoms with Crippen molar-refractivity contribution >= 4 is 0 Å². The lowest BCUT2D eigenvalue weighted by Gasteiger charge is -2.12. The molecule has 2 aromatic rings. The van der Waals surface area contributed by atoms with Crippen LogP contribution in [0.15, 0.2) is 41.1 Å². The molecule has 0 spiro atoms. The summed E-state index contributed by atoms with van der Waals surface area (Å²) in [5, 5.41) is 12.9. The molecule has 108 valence electrons. The Hall–Kier alpha value is -1.69. The lowest BCUT2D eigenvalue weighted by molar-refractivity contribution is 0.0225. The second-order valence-corrected chi connectivity index (χ2v) is 4.69. The first kappa shape index (κ1) is 14.7. The topological polar surface area (TPSA) is 67.5 Å². The van der Waals surface area contributed by atoms with Crippen LogP contribution in [0.4, 0.5) is 0 Å². The molecule has 2 heterocycles. The minimum atomic E-state index is -0.539. The van der Waals surface area contributed by atoms with Crippen molar-refractivity contribution in [3.63, 3.8) is 0 Å². The maximum Gasteiger partial charge on any atom is 0.129 e. The minimum Gasteiger partial charge on any atom is -0.467 e. The molecule has 2 N–H and O–H groups in total. The van der Waals surface area contributed by atoms with Gasteiger partial charge in [0.05, 0.1) is 19.0 Å². The molecular weight excluding hydrogens is 256 g/mol. The van der Waals surface area contributed by atoms with Crippen LogP contribution in [-0.2, 0) is 17.9 Å². The zero-order valence-corrected chi connectivity index (χ0v) is 11.6. The Morgan fingerprint density at radius 1 is 1.40 bits per heavy atom. The Labute approximate surface area is 118 Å². The van der Waals surface area contributed by atoms with Gasteiger partial charge in [-0.2, -0.15) is 0 Å². The maximum absolute atomic E-state index is 9.77. The van der Waals surface area contributed by atoms with Crippen LogP contribution < -0.4 is 5.32 Å². The molecule has 0 saturated carbocycles. The number of nitrogens with zero attached hydrogens (tertiary/aromatic N) is 1. The summed E-state index contributed by atoms with van der Waals surface area (Å²) in [4.78, 5) is 4.22. The number of nitrogens with one attached hydrogen (secondary N) is 1. The van der Waals surface area contributed by atoms with Crippen LogP contribution in [0.3, 0.4) is 0 Å². The van der Waals surface area contributed by atoms with E-state index < -0.39 is 6.10 Å². The molecule has 1 atom stereocenters. The molecule has 0 saturated heterocycles. The molecule has 0 aromatic carbocycles. The number of furan rings is 1. The van der Waals surface area contributed by atoms with Gasteiger partial charge in [0, 0.05) is 25.0 Å². The summed E-state index contributed by atoms with van der Waals surface area (Å²) in [7, 11) is 0. The first-order chi connectivity index (χ1) is 9.74. The highest BCUT2D eigenvalue weighted by Gasteiger charge is 2.05. The average Bonchev–Trinajstić information content (AvgIpc) is 2.94. The Kier molecular flexibility index (Phi) is 5.73. The number of aliphatic hydroxyl groups excluding tert-OH is 1. The fourth-order valence-corrected chi connectivity index (χ4v) is 1.74. The summed E-state index contributed by atoms with van der Waals surface area (Å²) < 4.78 is 10.5. The number of hydrogen-bond acceptors (Lipinski definition) is 5. The zero-order valence-electron chi connectivity index (χ0n) is 11.6. The van der Waals surface area contributed by atoms with Gasteiger partial charge in [0.25, 0.3) is 0 Å². The van der Waals surface area contributed by atoms with Gasteiger partial charge in [-0.1, -0.05) is 6.07 Å². The van der Waals surface area contributed by atoms with Crippen LogP contribution in [0, 0.1) is 6.92 Å². The van der Waals surface area contributed by atoms with Gasteiger partial charge >= 0.3 is 0 Å². The summed E-state index contributed by atoms with van der Waals surface area (Å²) in [6, 6.07) is 7.65. The van der Waals surface area contributed by atoms with Crippen molar-refractivity contribution in [1.29, 1.82) is 0 Å². The second kappa shape index (κ2) is 7.79. The van der Waals surface area contributed by atoms with Gasteiger partial charge < -0.3 is 19.6 Å². The standard InChI is InChI=1S/C15H20N2O3/c1-12-4-5-13(8-17-12)7-16-9-14(18)10-19-11-15-3-2-6-20-15/h2-6,8,14,16,18H,7,9-11H2,1H3. The summed E-state index contributed by atoms with van der Waals surface area (Å²) in [6.45, 7) is 3.78. The second-order valence-electron chi connectivity index (χ2n) is 4.69. The molecule has 2 aromatic heterocycles. The molecule has 0 bridgehead atoms. The van der Waals surface area contributed by atoms with E-state index in [-0.39, 0.29) is 6.61 Å². The largest absolute Gasteiger partial charge is 0.467 e. The van der Waals surface area contributed by atoms with Crippen LogP contribution in [0.5, 0.6) is 0 Å². The number of aromatic nitrogens is 1. The first-order valence-corrected chi connectivity index (χ1v) is 6.64. The van der Waals surface area contributed by atoms with Crippen molar-refractivity contribution < 1.29 is 14.3 Å². The van der Waals surface area contributed by atoms with Crippen LogP contribution in [0.2, 0.25) is 0 Å². The smallest absolute Gasteiger partial charge is 0.129 e. The van der Waals surface area contributed by atoms with Crippen molar-refractivity contribution in [2.24, 2.45) is 0 Å². The van der Waals surface area contributed by atoms with Crippen LogP contribution in [-0.4, -0.2) is 29.3 Å². The fraction of sp³-hybridized carbons (Fsp3) is 0.400. The number of rotatable bonds is 8. The van der Waals surface area contributed by atoms with Crippen molar-refractivity contribution in [3.05, 3.63) is 53.7 Å². The van der Waals surface area contributed by atoms with Crippen molar-refractivity contribution in [2.45, 2.75) is 26.2 Å². The lowest BCUT2D eigenvalue weighted by atomic mass is 10.2. The molecule has 5 heteroatoms. The van der Waals surface area contributed by atoms with Gasteiger partial charge in [-0.3, -0.25) is 4.98 Å². The summed E-state index contributed by atoms with van der Waals surface area (Å²) in [5.74, 6) is 0.760. The maximum atomic E-state index is 9.77. The molecular formula is C15H20N2O3. The van der Waals surface area contributed by atoms with Crippen molar-refractivity contribution in [1.82, 2.24) is 10.3 Å². The summed E-state index contributed by atoms with van der Waals surface area (Å²) in [6.07, 6.45) is 2.90. The van der Waals surface area contributed by atoms with E-state index in [9.17, 15) is 5.11 Å². The average molecular weight is 276 g/mol. The van der Waals surface area contributed by atoms with E-state index in [0.717, 1.165) is 17.0 Å². The van der Waals surface area contributed by atoms with E-state index in [0.29, 0.717) is 19.7 Å². The van der Waals surface area contributed by atoms with Gasteiger partial charge in [-0.15, -0.1) is 0 Å². The molecule has 0 fully saturated rings. The van der Waals surface area contributed by atoms with Gasteiger partial charge in [0.15, 0.2) is 0 Å². The number of hydrogen-bond donors (Lipinski definition) is 2. The monoisotopic (exact) mass is 276 g/mol. The third-order valence-corrected chi connectivity index (χ3v) is 2.82. The van der Waals surface area contributed by atoms with Crippen molar-refractivity contribution in [2.75, 3.05) is 13.2 Å². The highest BCUT2D eigenvalue weighted by atomic mass is 16.5. The van der Waals surface area contributed by atoms with Gasteiger partial charge in [-0.25, -0.2) is 0 Å². The Bertz CT molecular complexity index is 482. The van der Waals surface area contributed by atoms with Gasteiger partial charge in [0.2, 0.25) is 0 Å². The molecule has 0 amide bonds. The molecule has 20 heavy (non-hydrogen) atoms. The zero-order chi connectivity index (χ0) is 14.2. The summed E-state index contributed by atoms with van der Waals surface area (Å²) >= 11 is 0. The van der Waals surface area contributed by atoms with Crippen LogP contribution >= 0.6 is 0 Å². The molecule has 0 aliphatic carbocycles. The molecule has 0 aliphatic rings. The number of pyridine rings is 1. The molecule has 0 aliphatic heterocycles. The van der Waals surface area contributed by atoms with Crippen LogP contribution in [0.25, 0.3) is 0 Å². The number of aryl methyl sites for hydroxylation is 1. The Morgan fingerprint density at radius 3 is 3.00 bits per heavy atom. The molecule has 5 nitrogen and oxygen atoms in total. The fourth-order valence-electron chi connectivity index (χ4n) is 1.74. The normalized spacial score (nSPS) is 12.5. The van der Waals surface area contributed by atoms with E-state index in [1.165, 1.54) is 0 Å². The van der Waals surface area contributed by atoms with Gasteiger partial charge in [0.1, 0.15) is 12.4 Å². The van der Waals surface area contributed by atoms with Gasteiger partial charge in [-0.05, 0) is 30.7 Å². The predicted molar refractivity (Wildman–Crippen MR) is 75.1 cm³/mol. The highest BCUT2D eigenvalue weighted by Crippen LogP contribution is 2.02. The van der Waals surface area contributed by atoms with Crippen LogP contribution in [0.1, 0.15) is 17.0 Å². The Balaban J connectivity index is 1.58.